The summed E-state index contributed by atoms with van der Waals surface area (Å²) in [7, 11) is 0. The van der Waals surface area contributed by atoms with Crippen LogP contribution in [0.1, 0.15) is 79.1 Å². The molecule has 1 amide bonds. The molecule has 2 N–H and O–H groups in total. The van der Waals surface area contributed by atoms with Crippen LogP contribution in [0.5, 0.6) is 0 Å². The van der Waals surface area contributed by atoms with Crippen molar-refractivity contribution in [2.75, 3.05) is 0 Å². The number of nitrogens with zero attached hydrogens (tertiary/aromatic N) is 3. The van der Waals surface area contributed by atoms with Gasteiger partial charge in [-0.1, -0.05) is 19.8 Å². The molecule has 13 heteroatoms. The van der Waals surface area contributed by atoms with Crippen LogP contribution in [-0.2, 0) is 28.7 Å². The SMILES string of the molecule is CC#Cc1cc(-c2c(C)cc(F)cc2C)cc([C@@H](CC(=O)O)NC(=O)[C@H](CC(C)C)n2cc(CCn3cccn3)c(C(F)(F)F)cc2=O)c1F. The van der Waals surface area contributed by atoms with Crippen molar-refractivity contribution in [3.8, 4) is 23.0 Å². The fourth-order valence-electron chi connectivity index (χ4n) is 6.08. The van der Waals surface area contributed by atoms with Crippen molar-refractivity contribution in [2.45, 2.75) is 78.7 Å². The Labute approximate surface area is 285 Å². The van der Waals surface area contributed by atoms with Gasteiger partial charge in [-0.25, -0.2) is 8.78 Å². The number of carbonyl (C=O) groups is 2. The number of nitrogens with one attached hydrogen (secondary N) is 1. The van der Waals surface area contributed by atoms with Crippen LogP contribution in [0.25, 0.3) is 11.1 Å². The summed E-state index contributed by atoms with van der Waals surface area (Å²) < 4.78 is 74.8. The molecule has 2 aromatic carbocycles. The minimum absolute atomic E-state index is 0.0153. The van der Waals surface area contributed by atoms with E-state index in [1.54, 1.807) is 40.0 Å². The number of rotatable bonds is 12. The normalized spacial score (nSPS) is 12.7. The minimum Gasteiger partial charge on any atom is -0.481 e. The molecule has 2 aromatic heterocycles. The van der Waals surface area contributed by atoms with Gasteiger partial charge in [-0.2, -0.15) is 18.3 Å². The van der Waals surface area contributed by atoms with E-state index >= 15 is 4.39 Å². The Hall–Kier alpha value is -5.25. The quantitative estimate of drug-likeness (QED) is 0.121. The molecule has 0 radical (unpaired) electrons. The molecule has 264 valence electrons. The molecule has 4 rings (SSSR count). The van der Waals surface area contributed by atoms with Crippen molar-refractivity contribution in [1.82, 2.24) is 19.7 Å². The average molecular weight is 697 g/mol. The van der Waals surface area contributed by atoms with Crippen molar-refractivity contribution in [1.29, 1.82) is 0 Å². The van der Waals surface area contributed by atoms with Gasteiger partial charge in [0.2, 0.25) is 5.91 Å². The van der Waals surface area contributed by atoms with Crippen LogP contribution in [0, 0.1) is 43.2 Å². The number of carboxylic acid groups (broad SMARTS) is 1. The fraction of sp³-hybridized carbons (Fsp3) is 0.351. The number of carbonyl (C=O) groups excluding carboxylic acids is 1. The van der Waals surface area contributed by atoms with Crippen LogP contribution in [0.4, 0.5) is 22.0 Å². The number of aliphatic carboxylic acids is 1. The predicted molar refractivity (Wildman–Crippen MR) is 177 cm³/mol. The van der Waals surface area contributed by atoms with Crippen LogP contribution in [0.2, 0.25) is 0 Å². The molecule has 0 spiro atoms. The average Bonchev–Trinajstić information content (AvgIpc) is 3.53. The molecule has 0 aliphatic carbocycles. The number of amides is 1. The highest BCUT2D eigenvalue weighted by Gasteiger charge is 2.36. The molecule has 0 bridgehead atoms. The van der Waals surface area contributed by atoms with E-state index in [0.717, 1.165) is 10.8 Å². The number of pyridine rings is 1. The van der Waals surface area contributed by atoms with E-state index in [9.17, 15) is 37.1 Å². The lowest BCUT2D eigenvalue weighted by Crippen LogP contribution is -2.41. The van der Waals surface area contributed by atoms with Gasteiger partial charge in [0.05, 0.1) is 23.6 Å². The van der Waals surface area contributed by atoms with Gasteiger partial charge in [0.25, 0.3) is 5.56 Å². The maximum atomic E-state index is 16.1. The standard InChI is InChI=1S/C37H37F5N4O4/c1-6-8-24-16-26(34-22(4)14-27(38)15-23(34)5)17-28(35(24)39)30(19-33(48)49)44-36(50)31(13-21(2)3)46-20-25(9-12-45-11-7-10-43-45)29(18-32(46)47)37(40,41)42/h7,10-11,14-18,20-21,30-31H,9,12-13,19H2,1-5H3,(H,44,50)(H,48,49)/t30-,31+/m1/s1. The van der Waals surface area contributed by atoms with Gasteiger partial charge < -0.3 is 15.0 Å². The van der Waals surface area contributed by atoms with Crippen molar-refractivity contribution in [3.05, 3.63) is 110 Å². The molecule has 2 atom stereocenters. The Bertz CT molecular complexity index is 1980. The number of hydrogen-bond acceptors (Lipinski definition) is 4. The van der Waals surface area contributed by atoms with Crippen molar-refractivity contribution in [3.63, 3.8) is 0 Å². The van der Waals surface area contributed by atoms with Gasteiger partial charge in [0.15, 0.2) is 0 Å². The maximum Gasteiger partial charge on any atom is 0.416 e. The Morgan fingerprint density at radius 1 is 1.06 bits per heavy atom. The zero-order valence-corrected chi connectivity index (χ0v) is 28.2. The van der Waals surface area contributed by atoms with E-state index in [0.29, 0.717) is 28.3 Å². The number of aryl methyl sites for hydroxylation is 4. The molecule has 2 heterocycles. The molecule has 4 aromatic rings. The van der Waals surface area contributed by atoms with E-state index in [4.69, 9.17) is 0 Å². The molecule has 50 heavy (non-hydrogen) atoms. The van der Waals surface area contributed by atoms with Gasteiger partial charge in [-0.15, -0.1) is 5.92 Å². The molecular weight excluding hydrogens is 659 g/mol. The second-order valence-corrected chi connectivity index (χ2v) is 12.5. The zero-order valence-electron chi connectivity index (χ0n) is 28.2. The maximum absolute atomic E-state index is 16.1. The minimum atomic E-state index is -4.86. The van der Waals surface area contributed by atoms with Crippen LogP contribution in [-0.4, -0.2) is 31.3 Å². The third kappa shape index (κ3) is 8.85. The second kappa shape index (κ2) is 15.5. The lowest BCUT2D eigenvalue weighted by atomic mass is 9.90. The van der Waals surface area contributed by atoms with E-state index in [1.807, 2.05) is 0 Å². The highest BCUT2D eigenvalue weighted by molar-refractivity contribution is 5.82. The summed E-state index contributed by atoms with van der Waals surface area (Å²) in [5.74, 6) is 1.39. The summed E-state index contributed by atoms with van der Waals surface area (Å²) in [6, 6.07) is 4.61. The number of hydrogen-bond donors (Lipinski definition) is 2. The second-order valence-electron chi connectivity index (χ2n) is 12.5. The number of alkyl halides is 3. The van der Waals surface area contributed by atoms with Gasteiger partial charge in [0.1, 0.15) is 17.7 Å². The first-order chi connectivity index (χ1) is 23.5. The lowest BCUT2D eigenvalue weighted by molar-refractivity contribution is -0.139. The summed E-state index contributed by atoms with van der Waals surface area (Å²) in [5, 5.41) is 16.4. The zero-order chi connectivity index (χ0) is 36.9. The Morgan fingerprint density at radius 3 is 2.30 bits per heavy atom. The Morgan fingerprint density at radius 2 is 1.74 bits per heavy atom. The number of aromatic nitrogens is 3. The summed E-state index contributed by atoms with van der Waals surface area (Å²) in [4.78, 5) is 39.4. The fourth-order valence-corrected chi connectivity index (χ4v) is 6.08. The third-order valence-electron chi connectivity index (χ3n) is 8.19. The van der Waals surface area contributed by atoms with Crippen LogP contribution in [0.15, 0.2) is 59.8 Å². The smallest absolute Gasteiger partial charge is 0.416 e. The largest absolute Gasteiger partial charge is 0.481 e. The molecule has 0 unspecified atom stereocenters. The molecule has 0 aliphatic heterocycles. The van der Waals surface area contributed by atoms with Crippen LogP contribution in [0.3, 0.4) is 0 Å². The van der Waals surface area contributed by atoms with Crippen molar-refractivity contribution < 1.29 is 36.6 Å². The predicted octanol–water partition coefficient (Wildman–Crippen LogP) is 7.16. The van der Waals surface area contributed by atoms with E-state index < -0.39 is 59.3 Å². The van der Waals surface area contributed by atoms with Gasteiger partial charge >= 0.3 is 12.1 Å². The molecular formula is C37H37F5N4O4. The Kier molecular flexibility index (Phi) is 11.7. The number of halogens is 5. The number of carboxylic acids is 1. The summed E-state index contributed by atoms with van der Waals surface area (Å²) in [5.41, 5.74) is -0.785. The first-order valence-corrected chi connectivity index (χ1v) is 15.8. The van der Waals surface area contributed by atoms with Gasteiger partial charge in [0, 0.05) is 36.8 Å². The topological polar surface area (TPSA) is 106 Å². The van der Waals surface area contributed by atoms with E-state index in [1.165, 1.54) is 42.1 Å². The highest BCUT2D eigenvalue weighted by Crippen LogP contribution is 2.35. The molecule has 8 nitrogen and oxygen atoms in total. The van der Waals surface area contributed by atoms with Crippen molar-refractivity contribution >= 4 is 11.9 Å². The summed E-state index contributed by atoms with van der Waals surface area (Å²) >= 11 is 0. The first-order valence-electron chi connectivity index (χ1n) is 15.8. The Balaban J connectivity index is 1.83. The third-order valence-corrected chi connectivity index (χ3v) is 8.19. The van der Waals surface area contributed by atoms with E-state index in [-0.39, 0.29) is 42.0 Å². The highest BCUT2D eigenvalue weighted by atomic mass is 19.4. The molecule has 0 saturated heterocycles. The van der Waals surface area contributed by atoms with Crippen molar-refractivity contribution in [2.24, 2.45) is 5.92 Å². The van der Waals surface area contributed by atoms with Crippen LogP contribution >= 0.6 is 0 Å². The molecule has 0 aliphatic rings. The number of benzene rings is 2. The van der Waals surface area contributed by atoms with E-state index in [2.05, 4.69) is 22.3 Å². The first kappa shape index (κ1) is 37.6. The monoisotopic (exact) mass is 696 g/mol. The molecule has 0 saturated carbocycles. The summed E-state index contributed by atoms with van der Waals surface area (Å²) in [6.07, 6.45) is -1.77. The summed E-state index contributed by atoms with van der Waals surface area (Å²) in [6.45, 7) is 8.36. The lowest BCUT2D eigenvalue weighted by Gasteiger charge is -2.27. The van der Waals surface area contributed by atoms with Gasteiger partial charge in [-0.05, 0) is 97.7 Å². The van der Waals surface area contributed by atoms with Crippen LogP contribution < -0.4 is 10.9 Å². The van der Waals surface area contributed by atoms with Gasteiger partial charge in [-0.3, -0.25) is 19.1 Å². The molecule has 0 fully saturated rings.